The maximum Gasteiger partial charge on any atom is 0.194 e. The van der Waals surface area contributed by atoms with Crippen LogP contribution in [0.15, 0.2) is 255 Å². The molecule has 10 rings (SSSR count). The Morgan fingerprint density at radius 1 is 0.406 bits per heavy atom. The van der Waals surface area contributed by atoms with Crippen molar-refractivity contribution in [3.8, 4) is 55.6 Å². The molecule has 0 saturated carbocycles. The van der Waals surface area contributed by atoms with Crippen LogP contribution in [-0.2, 0) is 0 Å². The average molecular weight is 821 g/mol. The molecule has 0 atom stereocenters. The van der Waals surface area contributed by atoms with Crippen molar-refractivity contribution in [3.05, 3.63) is 272 Å². The number of nitrogens with one attached hydrogen (secondary N) is 1. The van der Waals surface area contributed by atoms with Gasteiger partial charge in [-0.15, -0.1) is 0 Å². The maximum atomic E-state index is 14.2. The van der Waals surface area contributed by atoms with E-state index < -0.39 is 0 Å². The minimum Gasteiger partial charge on any atom is -0.356 e. The predicted molar refractivity (Wildman–Crippen MR) is 269 cm³/mol. The molecular weight excluding hydrogens is 777 g/mol. The number of nitrogens with zero attached hydrogens (tertiary/aromatic N) is 1. The highest BCUT2D eigenvalue weighted by Gasteiger charge is 2.31. The predicted octanol–water partition coefficient (Wildman–Crippen LogP) is 16.2. The van der Waals surface area contributed by atoms with Gasteiger partial charge in [-0.05, 0) is 110 Å². The first-order valence-electron chi connectivity index (χ1n) is 21.6. The first kappa shape index (κ1) is 39.6. The van der Waals surface area contributed by atoms with Crippen molar-refractivity contribution in [1.29, 1.82) is 0 Å². The molecule has 0 spiro atoms. The Bertz CT molecular complexity index is 3070. The molecule has 304 valence electrons. The lowest BCUT2D eigenvalue weighted by Crippen LogP contribution is -2.08. The zero-order chi connectivity index (χ0) is 43.2. The molecule has 64 heavy (non-hydrogen) atoms. The van der Waals surface area contributed by atoms with Crippen molar-refractivity contribution in [1.82, 2.24) is 0 Å². The summed E-state index contributed by atoms with van der Waals surface area (Å²) < 4.78 is 0. The van der Waals surface area contributed by atoms with Gasteiger partial charge in [-0.3, -0.25) is 4.79 Å². The van der Waals surface area contributed by atoms with Crippen molar-refractivity contribution in [2.24, 2.45) is 0 Å². The van der Waals surface area contributed by atoms with E-state index in [1.165, 1.54) is 22.3 Å². The van der Waals surface area contributed by atoms with Crippen LogP contribution in [0.4, 0.5) is 22.7 Å². The number of allylic oxidation sites excluding steroid dienone is 4. The number of fused-ring (bicyclic) bond motifs is 3. The van der Waals surface area contributed by atoms with Gasteiger partial charge in [0.25, 0.3) is 0 Å². The molecule has 0 fully saturated rings. The molecule has 0 radical (unpaired) electrons. The largest absolute Gasteiger partial charge is 0.356 e. The Labute approximate surface area is 375 Å². The van der Waals surface area contributed by atoms with Gasteiger partial charge >= 0.3 is 0 Å². The lowest BCUT2D eigenvalue weighted by atomic mass is 9.89. The van der Waals surface area contributed by atoms with Crippen LogP contribution in [0.2, 0.25) is 0 Å². The lowest BCUT2D eigenvalue weighted by Gasteiger charge is -2.22. The van der Waals surface area contributed by atoms with E-state index in [1.807, 2.05) is 54.6 Å². The molecule has 0 aliphatic heterocycles. The molecule has 3 heteroatoms. The molecule has 0 unspecified atom stereocenters. The van der Waals surface area contributed by atoms with Crippen LogP contribution in [0.5, 0.6) is 0 Å². The zero-order valence-electron chi connectivity index (χ0n) is 35.2. The molecule has 0 aromatic heterocycles. The second-order valence-electron chi connectivity index (χ2n) is 15.8. The number of carbonyl (C=O) groups excluding carboxylic acids is 1. The highest BCUT2D eigenvalue weighted by molar-refractivity contribution is 6.25. The van der Waals surface area contributed by atoms with E-state index in [9.17, 15) is 4.79 Å². The summed E-state index contributed by atoms with van der Waals surface area (Å²) in [6, 6.07) is 77.7. The van der Waals surface area contributed by atoms with E-state index in [1.54, 1.807) is 0 Å². The molecule has 0 bridgehead atoms. The summed E-state index contributed by atoms with van der Waals surface area (Å²) in [6.45, 7) is 4.12. The van der Waals surface area contributed by atoms with Crippen molar-refractivity contribution < 1.29 is 4.79 Å². The first-order chi connectivity index (χ1) is 31.6. The number of benzene rings is 9. The number of carbonyl (C=O) groups is 1. The third-order valence-corrected chi connectivity index (χ3v) is 11.9. The van der Waals surface area contributed by atoms with Gasteiger partial charge in [-0.25, -0.2) is 0 Å². The number of anilines is 4. The van der Waals surface area contributed by atoms with Crippen LogP contribution in [0.1, 0.15) is 21.5 Å². The molecule has 1 aliphatic rings. The minimum absolute atomic E-state index is 0.0338. The third kappa shape index (κ3) is 8.02. The number of ketones is 1. The average Bonchev–Trinajstić information content (AvgIpc) is 3.67. The Balaban J connectivity index is 0.987. The molecule has 0 saturated heterocycles. The Morgan fingerprint density at radius 3 is 1.30 bits per heavy atom. The maximum absolute atomic E-state index is 14.2. The monoisotopic (exact) mass is 820 g/mol. The van der Waals surface area contributed by atoms with E-state index in [2.05, 4.69) is 211 Å². The quantitative estimate of drug-likeness (QED) is 0.125. The van der Waals surface area contributed by atoms with Gasteiger partial charge in [0.2, 0.25) is 0 Å². The summed E-state index contributed by atoms with van der Waals surface area (Å²) in [6.07, 6.45) is 8.09. The van der Waals surface area contributed by atoms with Gasteiger partial charge in [0, 0.05) is 51.2 Å². The van der Waals surface area contributed by atoms with Crippen molar-refractivity contribution in [3.63, 3.8) is 0 Å². The molecule has 1 N–H and O–H groups in total. The summed E-state index contributed by atoms with van der Waals surface area (Å²) in [5, 5.41) is 3.56. The topological polar surface area (TPSA) is 32.3 Å². The number of hydrogen-bond donors (Lipinski definition) is 1. The highest BCUT2D eigenvalue weighted by Crippen LogP contribution is 2.47. The SMILES string of the molecule is C=C/C=C(\C=C/N(c1ccc(-c2ccccc2)cc1)c1ccc(-c2ccccc2)cc1)c1cccc2c1-c1c(cccc1-c1ccc(Nc3ccc(-c4ccccc4)cc3)cc1)C2=O. The Kier molecular flexibility index (Phi) is 11.0. The number of rotatable bonds is 12. The van der Waals surface area contributed by atoms with Crippen LogP contribution in [0.3, 0.4) is 0 Å². The second kappa shape index (κ2) is 17.8. The van der Waals surface area contributed by atoms with Gasteiger partial charge in [0.05, 0.1) is 0 Å². The molecular formula is C61H44N2O. The van der Waals surface area contributed by atoms with E-state index in [-0.39, 0.29) is 5.78 Å². The van der Waals surface area contributed by atoms with E-state index in [0.29, 0.717) is 11.1 Å². The number of hydrogen-bond acceptors (Lipinski definition) is 3. The molecule has 0 amide bonds. The fourth-order valence-corrected chi connectivity index (χ4v) is 8.65. The second-order valence-corrected chi connectivity index (χ2v) is 15.8. The zero-order valence-corrected chi connectivity index (χ0v) is 35.2. The van der Waals surface area contributed by atoms with Gasteiger partial charge in [0.1, 0.15) is 0 Å². The van der Waals surface area contributed by atoms with E-state index >= 15 is 0 Å². The van der Waals surface area contributed by atoms with E-state index in [4.69, 9.17) is 0 Å². The molecule has 3 nitrogen and oxygen atoms in total. The fourth-order valence-electron chi connectivity index (χ4n) is 8.65. The summed E-state index contributed by atoms with van der Waals surface area (Å²) in [7, 11) is 0. The molecule has 1 aliphatic carbocycles. The normalized spacial score (nSPS) is 11.9. The summed E-state index contributed by atoms with van der Waals surface area (Å²) in [4.78, 5) is 16.4. The summed E-state index contributed by atoms with van der Waals surface area (Å²) in [5.41, 5.74) is 18.3. The van der Waals surface area contributed by atoms with Crippen LogP contribution < -0.4 is 10.2 Å². The van der Waals surface area contributed by atoms with Gasteiger partial charge in [-0.1, -0.05) is 195 Å². The van der Waals surface area contributed by atoms with Crippen LogP contribution >= 0.6 is 0 Å². The van der Waals surface area contributed by atoms with Crippen molar-refractivity contribution in [2.45, 2.75) is 0 Å². The van der Waals surface area contributed by atoms with Gasteiger partial charge in [0.15, 0.2) is 5.78 Å². The summed E-state index contributed by atoms with van der Waals surface area (Å²) in [5.74, 6) is 0.0338. The Hall–Kier alpha value is -8.53. The smallest absolute Gasteiger partial charge is 0.194 e. The fraction of sp³-hybridized carbons (Fsp3) is 0. The Morgan fingerprint density at radius 2 is 0.812 bits per heavy atom. The van der Waals surface area contributed by atoms with Crippen LogP contribution in [0.25, 0.3) is 61.2 Å². The third-order valence-electron chi connectivity index (χ3n) is 11.9. The van der Waals surface area contributed by atoms with Gasteiger partial charge < -0.3 is 10.2 Å². The highest BCUT2D eigenvalue weighted by atomic mass is 16.1. The molecule has 9 aromatic carbocycles. The van der Waals surface area contributed by atoms with Gasteiger partial charge in [-0.2, -0.15) is 0 Å². The first-order valence-corrected chi connectivity index (χ1v) is 21.6. The summed E-state index contributed by atoms with van der Waals surface area (Å²) >= 11 is 0. The molecule has 0 heterocycles. The molecule has 9 aromatic rings. The van der Waals surface area contributed by atoms with Crippen molar-refractivity contribution in [2.75, 3.05) is 10.2 Å². The lowest BCUT2D eigenvalue weighted by molar-refractivity contribution is 0.104. The van der Waals surface area contributed by atoms with Crippen LogP contribution in [-0.4, -0.2) is 5.78 Å². The van der Waals surface area contributed by atoms with Crippen LogP contribution in [0, 0.1) is 0 Å². The minimum atomic E-state index is 0.0338. The van der Waals surface area contributed by atoms with E-state index in [0.717, 1.165) is 67.3 Å². The van der Waals surface area contributed by atoms with Crippen molar-refractivity contribution >= 4 is 34.1 Å². The standard InChI is InChI=1S/C61H44N2O/c1-2-14-49(41-42-63(53-37-29-47(30-38-53)44-17-8-4-9-18-44)54-39-31-48(32-40-54)45-19-10-5-11-20-45)55-21-12-23-57-59(55)60-56(22-13-24-58(60)61(57)64)50-27-35-52(36-28-50)62-51-33-25-46(26-34-51)43-15-6-3-7-16-43/h2-42,62H,1H2/b42-41-,49-14+.